The summed E-state index contributed by atoms with van der Waals surface area (Å²) in [4.78, 5) is 54.5. The van der Waals surface area contributed by atoms with Crippen LogP contribution in [0.2, 0.25) is 0 Å². The zero-order chi connectivity index (χ0) is 17.1. The van der Waals surface area contributed by atoms with Gasteiger partial charge in [-0.15, -0.1) is 0 Å². The Balaban J connectivity index is 0.000000346. The predicted octanol–water partition coefficient (Wildman–Crippen LogP) is -1.71. The van der Waals surface area contributed by atoms with Gasteiger partial charge in [0.1, 0.15) is 5.36 Å². The highest BCUT2D eigenvalue weighted by atomic mass is 31.2. The molecule has 1 aliphatic rings. The van der Waals surface area contributed by atoms with Crippen LogP contribution in [0.25, 0.3) is 0 Å². The molecular formula is C10H11N4O7P. The summed E-state index contributed by atoms with van der Waals surface area (Å²) in [6, 6.07) is 2.40. The Morgan fingerprint density at radius 1 is 1.27 bits per heavy atom. The van der Waals surface area contributed by atoms with Gasteiger partial charge < -0.3 is 15.5 Å². The quantitative estimate of drug-likeness (QED) is 0.247. The van der Waals surface area contributed by atoms with E-state index in [0.29, 0.717) is 5.56 Å². The number of nitro groups is 1. The number of aryl methyl sites for hydroxylation is 1. The van der Waals surface area contributed by atoms with Crippen molar-refractivity contribution < 1.29 is 28.9 Å². The van der Waals surface area contributed by atoms with Crippen LogP contribution in [0, 0.1) is 17.0 Å². The number of rotatable bonds is 2. The van der Waals surface area contributed by atoms with Crippen molar-refractivity contribution in [1.82, 2.24) is 0 Å². The van der Waals surface area contributed by atoms with Crippen LogP contribution in [-0.4, -0.2) is 32.8 Å². The highest BCUT2D eigenvalue weighted by molar-refractivity contribution is 7.51. The fourth-order valence-corrected chi connectivity index (χ4v) is 1.38. The molecule has 0 bridgehead atoms. The fourth-order valence-electron chi connectivity index (χ4n) is 1.38. The molecule has 0 spiro atoms. The first kappa shape index (κ1) is 17.7. The molecule has 1 aromatic rings. The van der Waals surface area contributed by atoms with Crippen LogP contribution >= 0.6 is 7.60 Å². The lowest BCUT2D eigenvalue weighted by Gasteiger charge is -2.00. The lowest BCUT2D eigenvalue weighted by molar-refractivity contribution is -0.385. The van der Waals surface area contributed by atoms with Gasteiger partial charge in [0.2, 0.25) is 0 Å². The molecule has 11 nitrogen and oxygen atoms in total. The summed E-state index contributed by atoms with van der Waals surface area (Å²) in [7, 11) is -3.87. The fraction of sp³-hybridized carbons (Fsp3) is 0.200. The van der Waals surface area contributed by atoms with Gasteiger partial charge in [0, 0.05) is 12.1 Å². The molecule has 0 unspecified atom stereocenters. The standard InChI is InChI=1S/C9H5N3O4.CH6NO3P/c1-4-2-5(12(15)16)3-6-7(4)11-9(14)8(13)10-6;2-1-6(3,4)5/h2-3H,1H3;1-2H2,(H2,3,4,5). The number of fused-ring (bicyclic) bond motifs is 1. The molecule has 0 atom stereocenters. The molecule has 0 aliphatic carbocycles. The summed E-state index contributed by atoms with van der Waals surface area (Å²) in [5.41, 5.74) is 4.80. The first-order chi connectivity index (χ1) is 10.0. The summed E-state index contributed by atoms with van der Waals surface area (Å²) in [6.45, 7) is 1.56. The Bertz CT molecular complexity index is 813. The minimum Gasteiger partial charge on any atom is -0.324 e. The molecule has 0 fully saturated rings. The summed E-state index contributed by atoms with van der Waals surface area (Å²) in [5.74, 6) is -1.96. The van der Waals surface area contributed by atoms with E-state index in [0.717, 1.165) is 6.07 Å². The van der Waals surface area contributed by atoms with E-state index in [1.807, 2.05) is 0 Å². The molecule has 0 saturated heterocycles. The minimum absolute atomic E-state index is 0.0660. The molecule has 1 aliphatic heterocycles. The van der Waals surface area contributed by atoms with E-state index in [9.17, 15) is 24.3 Å². The molecule has 0 saturated carbocycles. The number of nitrogens with zero attached hydrogens (tertiary/aromatic N) is 3. The normalized spacial score (nSPS) is 13.3. The smallest absolute Gasteiger partial charge is 0.324 e. The van der Waals surface area contributed by atoms with Crippen LogP contribution in [0.1, 0.15) is 5.56 Å². The zero-order valence-corrected chi connectivity index (χ0v) is 12.1. The number of nitrogens with two attached hydrogens (primary N) is 1. The van der Waals surface area contributed by atoms with Gasteiger partial charge in [-0.3, -0.25) is 24.3 Å². The molecule has 0 aromatic heterocycles. The van der Waals surface area contributed by atoms with Crippen LogP contribution in [0.3, 0.4) is 0 Å². The second-order valence-electron chi connectivity index (χ2n) is 4.07. The van der Waals surface area contributed by atoms with Gasteiger partial charge in [-0.2, -0.15) is 0 Å². The maximum absolute atomic E-state index is 11.0. The average molecular weight is 330 g/mol. The number of carbonyl (C=O) groups is 2. The van der Waals surface area contributed by atoms with E-state index in [4.69, 9.17) is 9.79 Å². The van der Waals surface area contributed by atoms with Crippen molar-refractivity contribution in [1.29, 1.82) is 0 Å². The number of hydrogen-bond acceptors (Lipinski definition) is 6. The first-order valence-electron chi connectivity index (χ1n) is 5.60. The zero-order valence-electron chi connectivity index (χ0n) is 11.2. The van der Waals surface area contributed by atoms with Crippen LogP contribution in [0.5, 0.6) is 0 Å². The summed E-state index contributed by atoms with van der Waals surface area (Å²) in [6.07, 6.45) is -0.562. The number of carbonyl (C=O) groups excluding carboxylic acids is 2. The SMILES string of the molecule is Cc1cc([N+](=O)[O-])cc2c1=NC(=O)C(=O)N=2.NCP(=O)(O)O. The monoisotopic (exact) mass is 330 g/mol. The van der Waals surface area contributed by atoms with Gasteiger partial charge in [-0.05, 0) is 12.5 Å². The summed E-state index contributed by atoms with van der Waals surface area (Å²) >= 11 is 0. The van der Waals surface area contributed by atoms with Crippen LogP contribution in [-0.2, 0) is 14.2 Å². The van der Waals surface area contributed by atoms with E-state index in [-0.39, 0.29) is 16.4 Å². The van der Waals surface area contributed by atoms with E-state index in [1.54, 1.807) is 6.92 Å². The average Bonchev–Trinajstić information content (AvgIpc) is 2.40. The minimum atomic E-state index is -3.87. The summed E-state index contributed by atoms with van der Waals surface area (Å²) in [5, 5.41) is 10.9. The third-order valence-corrected chi connectivity index (χ3v) is 2.81. The van der Waals surface area contributed by atoms with Crippen molar-refractivity contribution in [2.24, 2.45) is 15.7 Å². The highest BCUT2D eigenvalue weighted by Crippen LogP contribution is 2.30. The molecule has 2 amide bonds. The largest absolute Gasteiger partial charge is 0.338 e. The second kappa shape index (κ2) is 6.62. The second-order valence-corrected chi connectivity index (χ2v) is 5.76. The van der Waals surface area contributed by atoms with Gasteiger partial charge >= 0.3 is 19.4 Å². The van der Waals surface area contributed by atoms with E-state index in [1.165, 1.54) is 6.07 Å². The number of hydrogen-bond donors (Lipinski definition) is 3. The van der Waals surface area contributed by atoms with Crippen molar-refractivity contribution in [3.63, 3.8) is 0 Å². The van der Waals surface area contributed by atoms with Crippen molar-refractivity contribution in [2.75, 3.05) is 6.29 Å². The number of non-ortho nitro benzene ring substituents is 1. The van der Waals surface area contributed by atoms with E-state index >= 15 is 0 Å². The van der Waals surface area contributed by atoms with Gasteiger partial charge in [0.25, 0.3) is 5.69 Å². The molecule has 1 heterocycles. The lowest BCUT2D eigenvalue weighted by atomic mass is 10.2. The van der Waals surface area contributed by atoms with Crippen LogP contribution in [0.4, 0.5) is 5.69 Å². The third-order valence-electron chi connectivity index (χ3n) is 2.33. The highest BCUT2D eigenvalue weighted by Gasteiger charge is 2.18. The predicted molar refractivity (Wildman–Crippen MR) is 71.3 cm³/mol. The Morgan fingerprint density at radius 2 is 1.77 bits per heavy atom. The van der Waals surface area contributed by atoms with E-state index < -0.39 is 30.6 Å². The Morgan fingerprint density at radius 3 is 2.23 bits per heavy atom. The van der Waals surface area contributed by atoms with Gasteiger partial charge in [-0.25, -0.2) is 9.98 Å². The molecule has 2 rings (SSSR count). The third kappa shape index (κ3) is 4.60. The van der Waals surface area contributed by atoms with Crippen molar-refractivity contribution >= 4 is 25.1 Å². The molecule has 1 aromatic carbocycles. The Kier molecular flexibility index (Phi) is 5.33. The molecule has 0 radical (unpaired) electrons. The molecular weight excluding hydrogens is 319 g/mol. The molecule has 118 valence electrons. The first-order valence-corrected chi connectivity index (χ1v) is 7.40. The number of benzene rings is 1. The number of nitro benzene ring substituents is 1. The van der Waals surface area contributed by atoms with Crippen LogP contribution < -0.4 is 16.4 Å². The van der Waals surface area contributed by atoms with Gasteiger partial charge in [0.15, 0.2) is 0 Å². The maximum Gasteiger partial charge on any atom is 0.338 e. The lowest BCUT2D eigenvalue weighted by Crippen LogP contribution is -2.36. The maximum atomic E-state index is 11.0. The number of amides is 2. The van der Waals surface area contributed by atoms with Gasteiger partial charge in [-0.1, -0.05) is 0 Å². The topological polar surface area (TPSA) is 186 Å². The summed E-state index contributed by atoms with van der Waals surface area (Å²) < 4.78 is 9.57. The van der Waals surface area contributed by atoms with Crippen molar-refractivity contribution in [3.05, 3.63) is 38.5 Å². The van der Waals surface area contributed by atoms with E-state index in [2.05, 4.69) is 15.7 Å². The van der Waals surface area contributed by atoms with Gasteiger partial charge in [0.05, 0.1) is 16.6 Å². The van der Waals surface area contributed by atoms with Crippen LogP contribution in [0.15, 0.2) is 22.1 Å². The molecule has 22 heavy (non-hydrogen) atoms. The van der Waals surface area contributed by atoms with Crippen molar-refractivity contribution in [3.8, 4) is 0 Å². The van der Waals surface area contributed by atoms with Crippen molar-refractivity contribution in [2.45, 2.75) is 6.92 Å². The molecule has 4 N–H and O–H groups in total. The molecule has 12 heteroatoms. The Hall–Kier alpha value is -2.33. The Labute approximate surface area is 122 Å².